The molecule has 27 heavy (non-hydrogen) atoms. The molecule has 0 unspecified atom stereocenters. The van der Waals surface area contributed by atoms with Crippen molar-refractivity contribution in [3.63, 3.8) is 0 Å². The molecule has 2 rings (SSSR count). The molecule has 0 bridgehead atoms. The zero-order valence-electron chi connectivity index (χ0n) is 16.9. The smallest absolute Gasteiger partial charge is 0.253 e. The maximum absolute atomic E-state index is 12.8. The van der Waals surface area contributed by atoms with E-state index >= 15 is 0 Å². The zero-order chi connectivity index (χ0) is 20.1. The van der Waals surface area contributed by atoms with Crippen LogP contribution in [0.4, 0.5) is 5.69 Å². The minimum absolute atomic E-state index is 0.0443. The summed E-state index contributed by atoms with van der Waals surface area (Å²) in [7, 11) is 5.36. The summed E-state index contributed by atoms with van der Waals surface area (Å²) in [5.41, 5.74) is 1.41. The second-order valence-corrected chi connectivity index (χ2v) is 7.42. The normalized spacial score (nSPS) is 16.0. The summed E-state index contributed by atoms with van der Waals surface area (Å²) in [5, 5.41) is 9.06. The molecule has 1 aromatic carbocycles. The molecule has 7 heteroatoms. The van der Waals surface area contributed by atoms with Crippen LogP contribution in [0.5, 0.6) is 5.75 Å². The van der Waals surface area contributed by atoms with Gasteiger partial charge in [-0.1, -0.05) is 0 Å². The molecule has 2 amide bonds. The Bertz CT molecular complexity index is 675. The summed E-state index contributed by atoms with van der Waals surface area (Å²) in [4.78, 5) is 30.4. The van der Waals surface area contributed by atoms with E-state index in [1.165, 1.54) is 4.90 Å². The van der Waals surface area contributed by atoms with Crippen LogP contribution in [0.1, 0.15) is 37.0 Å². The molecule has 0 aromatic heterocycles. The highest BCUT2D eigenvalue weighted by molar-refractivity contribution is 5.95. The van der Waals surface area contributed by atoms with Gasteiger partial charge in [0.2, 0.25) is 5.91 Å². The molecule has 0 saturated carbocycles. The summed E-state index contributed by atoms with van der Waals surface area (Å²) < 4.78 is 5.85. The monoisotopic (exact) mass is 377 g/mol. The number of aliphatic hydroxyl groups is 1. The Hall–Kier alpha value is -2.28. The summed E-state index contributed by atoms with van der Waals surface area (Å²) >= 11 is 0. The number of amides is 2. The summed E-state index contributed by atoms with van der Waals surface area (Å²) in [6, 6.07) is 5.36. The van der Waals surface area contributed by atoms with E-state index in [2.05, 4.69) is 0 Å². The van der Waals surface area contributed by atoms with E-state index in [9.17, 15) is 9.59 Å². The van der Waals surface area contributed by atoms with Gasteiger partial charge in [0.25, 0.3) is 5.91 Å². The number of hydrogen-bond acceptors (Lipinski definition) is 5. The van der Waals surface area contributed by atoms with Gasteiger partial charge in [0.1, 0.15) is 12.4 Å². The van der Waals surface area contributed by atoms with Gasteiger partial charge < -0.3 is 24.5 Å². The van der Waals surface area contributed by atoms with E-state index in [0.29, 0.717) is 31.6 Å². The number of carbonyl (C=O) groups is 2. The Labute approximate surface area is 161 Å². The van der Waals surface area contributed by atoms with E-state index in [4.69, 9.17) is 9.84 Å². The molecule has 1 aliphatic rings. The van der Waals surface area contributed by atoms with Gasteiger partial charge >= 0.3 is 0 Å². The molecular formula is C20H31N3O4. The molecule has 7 nitrogen and oxygen atoms in total. The predicted octanol–water partition coefficient (Wildman–Crippen LogP) is 1.60. The molecule has 1 N–H and O–H groups in total. The first kappa shape index (κ1) is 21.0. The zero-order valence-corrected chi connectivity index (χ0v) is 16.9. The number of anilines is 1. The van der Waals surface area contributed by atoms with Crippen molar-refractivity contribution in [2.75, 3.05) is 45.8 Å². The van der Waals surface area contributed by atoms with E-state index in [1.54, 1.807) is 25.1 Å². The number of nitrogens with zero attached hydrogens (tertiary/aromatic N) is 3. The quantitative estimate of drug-likeness (QED) is 0.781. The summed E-state index contributed by atoms with van der Waals surface area (Å²) in [6.45, 7) is 4.99. The molecule has 1 atom stereocenters. The van der Waals surface area contributed by atoms with Crippen molar-refractivity contribution in [2.45, 2.75) is 38.8 Å². The molecule has 0 spiro atoms. The Balaban J connectivity index is 2.15. The maximum Gasteiger partial charge on any atom is 0.253 e. The number of rotatable bonds is 7. The number of likely N-dealkylation sites (N-methyl/N-ethyl adjacent to an activating group) is 1. The van der Waals surface area contributed by atoms with Crippen LogP contribution in [0.3, 0.4) is 0 Å². The first-order valence-corrected chi connectivity index (χ1v) is 9.38. The highest BCUT2D eigenvalue weighted by Crippen LogP contribution is 2.35. The third-order valence-electron chi connectivity index (χ3n) is 4.88. The lowest BCUT2D eigenvalue weighted by molar-refractivity contribution is -0.133. The van der Waals surface area contributed by atoms with Crippen LogP contribution < -0.4 is 9.64 Å². The van der Waals surface area contributed by atoms with Crippen molar-refractivity contribution in [2.24, 2.45) is 0 Å². The van der Waals surface area contributed by atoms with Gasteiger partial charge in [-0.2, -0.15) is 0 Å². The average molecular weight is 377 g/mol. The Morgan fingerprint density at radius 1 is 1.33 bits per heavy atom. The van der Waals surface area contributed by atoms with E-state index in [1.807, 2.05) is 37.9 Å². The Kier molecular flexibility index (Phi) is 7.07. The molecule has 1 aromatic rings. The standard InChI is InChI=1S/C20H31N3O4/c1-14(2)23(9-6-10-24)19(25)12-16-13-27-18-8-7-15(20(26)21(3)4)11-17(18)22(16)5/h7-8,11,14,16,24H,6,9-10,12-13H2,1-5H3/t16-/m0/s1. The Morgan fingerprint density at radius 2 is 2.04 bits per heavy atom. The van der Waals surface area contributed by atoms with Crippen molar-refractivity contribution in [1.82, 2.24) is 9.80 Å². The van der Waals surface area contributed by atoms with Crippen LogP contribution in [-0.2, 0) is 4.79 Å². The molecule has 0 aliphatic carbocycles. The van der Waals surface area contributed by atoms with Gasteiger partial charge in [-0.3, -0.25) is 9.59 Å². The average Bonchev–Trinajstić information content (AvgIpc) is 2.63. The Morgan fingerprint density at radius 3 is 2.63 bits per heavy atom. The fourth-order valence-electron chi connectivity index (χ4n) is 3.23. The number of fused-ring (bicyclic) bond motifs is 1. The largest absolute Gasteiger partial charge is 0.489 e. The topological polar surface area (TPSA) is 73.3 Å². The molecule has 1 heterocycles. The third-order valence-corrected chi connectivity index (χ3v) is 4.88. The van der Waals surface area contributed by atoms with Gasteiger partial charge in [-0.05, 0) is 38.5 Å². The fraction of sp³-hybridized carbons (Fsp3) is 0.600. The van der Waals surface area contributed by atoms with Crippen molar-refractivity contribution in [1.29, 1.82) is 0 Å². The van der Waals surface area contributed by atoms with E-state index < -0.39 is 0 Å². The number of ether oxygens (including phenoxy) is 1. The first-order valence-electron chi connectivity index (χ1n) is 9.38. The van der Waals surface area contributed by atoms with Gasteiger partial charge in [0.15, 0.2) is 0 Å². The molecule has 1 aliphatic heterocycles. The number of benzene rings is 1. The minimum atomic E-state index is -0.106. The van der Waals surface area contributed by atoms with Crippen LogP contribution in [0.2, 0.25) is 0 Å². The third kappa shape index (κ3) is 4.91. The summed E-state index contributed by atoms with van der Waals surface area (Å²) in [5.74, 6) is 0.694. The maximum atomic E-state index is 12.8. The summed E-state index contributed by atoms with van der Waals surface area (Å²) in [6.07, 6.45) is 0.894. The van der Waals surface area contributed by atoms with Gasteiger partial charge in [-0.15, -0.1) is 0 Å². The lowest BCUT2D eigenvalue weighted by Gasteiger charge is -2.37. The number of aliphatic hydroxyl groups excluding tert-OH is 1. The van der Waals surface area contributed by atoms with Gasteiger partial charge in [0.05, 0.1) is 18.2 Å². The highest BCUT2D eigenvalue weighted by atomic mass is 16.5. The minimum Gasteiger partial charge on any atom is -0.489 e. The van der Waals surface area contributed by atoms with Crippen LogP contribution in [0.15, 0.2) is 18.2 Å². The van der Waals surface area contributed by atoms with Crippen LogP contribution in [0, 0.1) is 0 Å². The van der Waals surface area contributed by atoms with Crippen LogP contribution in [0.25, 0.3) is 0 Å². The predicted molar refractivity (Wildman–Crippen MR) is 105 cm³/mol. The lowest BCUT2D eigenvalue weighted by Crippen LogP contribution is -2.46. The van der Waals surface area contributed by atoms with Crippen LogP contribution in [-0.4, -0.2) is 79.7 Å². The molecule has 150 valence electrons. The van der Waals surface area contributed by atoms with Crippen molar-refractivity contribution in [3.05, 3.63) is 23.8 Å². The fourth-order valence-corrected chi connectivity index (χ4v) is 3.23. The number of carbonyl (C=O) groups excluding carboxylic acids is 2. The molecule has 0 radical (unpaired) electrons. The van der Waals surface area contributed by atoms with E-state index in [-0.39, 0.29) is 30.5 Å². The van der Waals surface area contributed by atoms with Gasteiger partial charge in [-0.25, -0.2) is 0 Å². The van der Waals surface area contributed by atoms with Crippen LogP contribution >= 0.6 is 0 Å². The molecular weight excluding hydrogens is 346 g/mol. The number of hydrogen-bond donors (Lipinski definition) is 1. The molecule has 0 saturated heterocycles. The lowest BCUT2D eigenvalue weighted by atomic mass is 10.1. The van der Waals surface area contributed by atoms with E-state index in [0.717, 1.165) is 11.4 Å². The SMILES string of the molecule is CC(C)N(CCCO)C(=O)C[C@H]1COc2ccc(C(=O)N(C)C)cc2N1C. The molecule has 0 fully saturated rings. The second-order valence-electron chi connectivity index (χ2n) is 7.42. The van der Waals surface area contributed by atoms with Crippen molar-refractivity contribution in [3.8, 4) is 5.75 Å². The van der Waals surface area contributed by atoms with Gasteiger partial charge in [0, 0.05) is 45.9 Å². The second kappa shape index (κ2) is 9.08. The highest BCUT2D eigenvalue weighted by Gasteiger charge is 2.29. The van der Waals surface area contributed by atoms with Crippen molar-refractivity contribution < 1.29 is 19.4 Å². The van der Waals surface area contributed by atoms with Crippen molar-refractivity contribution >= 4 is 17.5 Å². The first-order chi connectivity index (χ1) is 12.8.